The summed E-state index contributed by atoms with van der Waals surface area (Å²) in [7, 11) is 0. The Morgan fingerprint density at radius 1 is 1.22 bits per heavy atom. The highest BCUT2D eigenvalue weighted by atomic mass is 16.5. The second-order valence-corrected chi connectivity index (χ2v) is 10.2. The topological polar surface area (TPSA) is 87.0 Å². The van der Waals surface area contributed by atoms with Gasteiger partial charge in [0.25, 0.3) is 0 Å². The molecule has 152 valence electrons. The average molecular weight is 379 g/mol. The molecule has 9 atom stereocenters. The van der Waals surface area contributed by atoms with E-state index in [1.165, 1.54) is 6.92 Å². The zero-order chi connectivity index (χ0) is 19.8. The van der Waals surface area contributed by atoms with Gasteiger partial charge in [-0.1, -0.05) is 20.4 Å². The van der Waals surface area contributed by atoms with Gasteiger partial charge in [-0.2, -0.15) is 0 Å². The molecule has 0 amide bonds. The Morgan fingerprint density at radius 2 is 1.93 bits per heavy atom. The van der Waals surface area contributed by atoms with Gasteiger partial charge in [0.1, 0.15) is 6.10 Å². The molecule has 27 heavy (non-hydrogen) atoms. The Kier molecular flexibility index (Phi) is 4.34. The van der Waals surface area contributed by atoms with Crippen LogP contribution in [0.2, 0.25) is 0 Å². The molecule has 0 radical (unpaired) electrons. The minimum atomic E-state index is -0.644. The quantitative estimate of drug-likeness (QED) is 0.507. The lowest BCUT2D eigenvalue weighted by molar-refractivity contribution is -0.248. The largest absolute Gasteiger partial charge is 0.462 e. The smallest absolute Gasteiger partial charge is 0.302 e. The number of rotatable bonds is 2. The highest BCUT2D eigenvalue weighted by Crippen LogP contribution is 2.72. The van der Waals surface area contributed by atoms with Crippen molar-refractivity contribution in [2.75, 3.05) is 6.61 Å². The maximum atomic E-state index is 11.6. The molecule has 4 fully saturated rings. The molecule has 0 aromatic heterocycles. The van der Waals surface area contributed by atoms with Gasteiger partial charge in [-0.05, 0) is 67.3 Å². The van der Waals surface area contributed by atoms with Gasteiger partial charge in [-0.15, -0.1) is 0 Å². The van der Waals surface area contributed by atoms with Gasteiger partial charge in [-0.25, -0.2) is 0 Å². The molecule has 4 aliphatic rings. The third-order valence-corrected chi connectivity index (χ3v) is 9.23. The predicted octanol–water partition coefficient (Wildman–Crippen LogP) is 2.43. The first-order valence-electron chi connectivity index (χ1n) is 10.4. The number of carbonyl (C=O) groups excluding carboxylic acids is 1. The fraction of sp³-hybridized carbons (Fsp3) is 0.864. The van der Waals surface area contributed by atoms with Crippen LogP contribution in [0.3, 0.4) is 0 Å². The zero-order valence-electron chi connectivity index (χ0n) is 16.8. The summed E-state index contributed by atoms with van der Waals surface area (Å²) < 4.78 is 5.62. The Hall–Kier alpha value is -0.910. The van der Waals surface area contributed by atoms with Crippen LogP contribution in [0.15, 0.2) is 12.2 Å². The van der Waals surface area contributed by atoms with E-state index in [0.717, 1.165) is 31.3 Å². The van der Waals surface area contributed by atoms with E-state index in [1.54, 1.807) is 0 Å². The second kappa shape index (κ2) is 6.04. The van der Waals surface area contributed by atoms with Crippen LogP contribution in [0.1, 0.15) is 59.3 Å². The molecule has 3 N–H and O–H groups in total. The lowest BCUT2D eigenvalue weighted by atomic mass is 9.39. The van der Waals surface area contributed by atoms with Gasteiger partial charge in [0.15, 0.2) is 0 Å². The van der Waals surface area contributed by atoms with Gasteiger partial charge >= 0.3 is 5.97 Å². The molecule has 0 aromatic carbocycles. The van der Waals surface area contributed by atoms with E-state index in [1.807, 2.05) is 6.92 Å². The van der Waals surface area contributed by atoms with E-state index in [0.29, 0.717) is 18.8 Å². The summed E-state index contributed by atoms with van der Waals surface area (Å²) in [6, 6.07) is 0. The van der Waals surface area contributed by atoms with Crippen molar-refractivity contribution in [1.82, 2.24) is 0 Å². The molecular formula is C22H34O5. The summed E-state index contributed by atoms with van der Waals surface area (Å²) in [6.45, 7) is 9.78. The SMILES string of the molecule is C=C1C2CCC3C4(C)CCC(OC(C)=O)C(C)(CO)C4CC(O)C3(C2)C1O. The van der Waals surface area contributed by atoms with Crippen LogP contribution in [-0.4, -0.2) is 46.2 Å². The predicted molar refractivity (Wildman–Crippen MR) is 101 cm³/mol. The molecule has 1 spiro atoms. The van der Waals surface area contributed by atoms with Crippen molar-refractivity contribution >= 4 is 5.97 Å². The van der Waals surface area contributed by atoms with Crippen LogP contribution < -0.4 is 0 Å². The third kappa shape index (κ3) is 2.31. The summed E-state index contributed by atoms with van der Waals surface area (Å²) in [5, 5.41) is 32.8. The Labute approximate surface area is 161 Å². The summed E-state index contributed by atoms with van der Waals surface area (Å²) in [5.74, 6) is 0.219. The summed E-state index contributed by atoms with van der Waals surface area (Å²) in [5.41, 5.74) is -0.296. The van der Waals surface area contributed by atoms with E-state index in [9.17, 15) is 20.1 Å². The first-order valence-corrected chi connectivity index (χ1v) is 10.4. The van der Waals surface area contributed by atoms with E-state index in [-0.39, 0.29) is 35.9 Å². The first kappa shape index (κ1) is 19.4. The number of carbonyl (C=O) groups is 1. The standard InChI is InChI=1S/C22H34O5/c1-12-14-5-6-15-20(3)8-7-18(27-13(2)24)21(4,11-23)16(20)9-17(25)22(15,10-14)19(12)26/h14-19,23,25-26H,1,5-11H2,2-4H3. The number of hydrogen-bond donors (Lipinski definition) is 3. The van der Waals surface area contributed by atoms with Crippen molar-refractivity contribution in [3.63, 3.8) is 0 Å². The molecule has 4 aliphatic carbocycles. The summed E-state index contributed by atoms with van der Waals surface area (Å²) >= 11 is 0. The van der Waals surface area contributed by atoms with Crippen molar-refractivity contribution in [1.29, 1.82) is 0 Å². The first-order chi connectivity index (χ1) is 12.6. The van der Waals surface area contributed by atoms with Gasteiger partial charge in [-0.3, -0.25) is 4.79 Å². The lowest BCUT2D eigenvalue weighted by Crippen LogP contribution is -2.67. The van der Waals surface area contributed by atoms with Gasteiger partial charge in [0, 0.05) is 17.8 Å². The van der Waals surface area contributed by atoms with Crippen molar-refractivity contribution in [2.24, 2.45) is 34.0 Å². The Balaban J connectivity index is 1.76. The van der Waals surface area contributed by atoms with Crippen LogP contribution >= 0.6 is 0 Å². The minimum absolute atomic E-state index is 0.0383. The third-order valence-electron chi connectivity index (χ3n) is 9.23. The number of esters is 1. The van der Waals surface area contributed by atoms with Crippen LogP contribution in [-0.2, 0) is 9.53 Å². The fourth-order valence-electron chi connectivity index (χ4n) is 7.92. The molecule has 0 saturated heterocycles. The molecule has 4 saturated carbocycles. The van der Waals surface area contributed by atoms with Gasteiger partial charge in [0.05, 0.1) is 18.8 Å². The van der Waals surface area contributed by atoms with Crippen molar-refractivity contribution in [2.45, 2.75) is 77.6 Å². The Morgan fingerprint density at radius 3 is 2.56 bits per heavy atom. The number of ether oxygens (including phenoxy) is 1. The molecule has 0 aromatic rings. The number of fused-ring (bicyclic) bond motifs is 3. The molecule has 4 rings (SSSR count). The van der Waals surface area contributed by atoms with Crippen LogP contribution in [0.4, 0.5) is 0 Å². The minimum Gasteiger partial charge on any atom is -0.462 e. The zero-order valence-corrected chi connectivity index (χ0v) is 16.8. The van der Waals surface area contributed by atoms with Crippen LogP contribution in [0, 0.1) is 34.0 Å². The van der Waals surface area contributed by atoms with Gasteiger partial charge < -0.3 is 20.1 Å². The lowest BCUT2D eigenvalue weighted by Gasteiger charge is -2.66. The van der Waals surface area contributed by atoms with Gasteiger partial charge in [0.2, 0.25) is 0 Å². The number of hydrogen-bond acceptors (Lipinski definition) is 5. The van der Waals surface area contributed by atoms with Crippen LogP contribution in [0.5, 0.6) is 0 Å². The maximum Gasteiger partial charge on any atom is 0.302 e. The molecule has 0 aliphatic heterocycles. The van der Waals surface area contributed by atoms with E-state index >= 15 is 0 Å². The highest BCUT2D eigenvalue weighted by molar-refractivity contribution is 5.66. The Bertz CT molecular complexity index is 661. The van der Waals surface area contributed by atoms with E-state index in [2.05, 4.69) is 13.5 Å². The number of aliphatic hydroxyl groups excluding tert-OH is 3. The van der Waals surface area contributed by atoms with Crippen LogP contribution in [0.25, 0.3) is 0 Å². The summed E-state index contributed by atoms with van der Waals surface area (Å²) in [6.07, 6.45) is 3.34. The average Bonchev–Trinajstić information content (AvgIpc) is 2.81. The van der Waals surface area contributed by atoms with Crippen molar-refractivity contribution in [3.8, 4) is 0 Å². The molecule has 9 unspecified atom stereocenters. The monoisotopic (exact) mass is 378 g/mol. The molecule has 2 bridgehead atoms. The fourth-order valence-corrected chi connectivity index (χ4v) is 7.92. The van der Waals surface area contributed by atoms with Crippen molar-refractivity contribution in [3.05, 3.63) is 12.2 Å². The summed E-state index contributed by atoms with van der Waals surface area (Å²) in [4.78, 5) is 11.6. The van der Waals surface area contributed by atoms with E-state index in [4.69, 9.17) is 4.74 Å². The highest BCUT2D eigenvalue weighted by Gasteiger charge is 2.71. The maximum absolute atomic E-state index is 11.6. The van der Waals surface area contributed by atoms with Crippen molar-refractivity contribution < 1.29 is 24.9 Å². The second-order valence-electron chi connectivity index (χ2n) is 10.2. The molecule has 0 heterocycles. The normalized spacial score (nSPS) is 54.2. The molecule has 5 nitrogen and oxygen atoms in total. The number of aliphatic hydroxyl groups is 3. The van der Waals surface area contributed by atoms with E-state index < -0.39 is 23.0 Å². The molecule has 5 heteroatoms. The molecular weight excluding hydrogens is 344 g/mol.